The van der Waals surface area contributed by atoms with Gasteiger partial charge in [-0.15, -0.1) is 0 Å². The summed E-state index contributed by atoms with van der Waals surface area (Å²) in [5, 5.41) is 9.07. The molecule has 2 fully saturated rings. The summed E-state index contributed by atoms with van der Waals surface area (Å²) in [6.07, 6.45) is -6.58. The van der Waals surface area contributed by atoms with Crippen molar-refractivity contribution in [2.24, 2.45) is 0 Å². The van der Waals surface area contributed by atoms with Crippen LogP contribution in [0.3, 0.4) is 0 Å². The lowest BCUT2D eigenvalue weighted by Crippen LogP contribution is -2.46. The van der Waals surface area contributed by atoms with Crippen LogP contribution in [0.4, 0.5) is 26.3 Å². The van der Waals surface area contributed by atoms with Crippen molar-refractivity contribution >= 4 is 0 Å². The molecule has 5 rings (SSSR count). The molecule has 7 nitrogen and oxygen atoms in total. The number of alkyl halides is 6. The molecule has 2 atom stereocenters. The van der Waals surface area contributed by atoms with Crippen molar-refractivity contribution in [2.45, 2.75) is 57.0 Å². The second-order valence-electron chi connectivity index (χ2n) is 10.6. The summed E-state index contributed by atoms with van der Waals surface area (Å²) in [6.45, 7) is 5.02. The zero-order valence-corrected chi connectivity index (χ0v) is 22.9. The van der Waals surface area contributed by atoms with Crippen molar-refractivity contribution in [3.05, 3.63) is 82.7 Å². The quantitative estimate of drug-likeness (QED) is 0.285. The van der Waals surface area contributed by atoms with Crippen molar-refractivity contribution < 1.29 is 35.8 Å². The van der Waals surface area contributed by atoms with Gasteiger partial charge in [0.25, 0.3) is 0 Å². The predicted molar refractivity (Wildman–Crippen MR) is 141 cm³/mol. The highest BCUT2D eigenvalue weighted by molar-refractivity contribution is 5.33. The summed E-state index contributed by atoms with van der Waals surface area (Å²) in [7, 11) is 0. The van der Waals surface area contributed by atoms with Crippen LogP contribution < -0.4 is 0 Å². The van der Waals surface area contributed by atoms with E-state index in [1.54, 1.807) is 11.0 Å². The first-order chi connectivity index (χ1) is 20.1. The van der Waals surface area contributed by atoms with Gasteiger partial charge in [-0.25, -0.2) is 0 Å². The Kier molecular flexibility index (Phi) is 9.50. The highest BCUT2D eigenvalue weighted by Gasteiger charge is 2.37. The monoisotopic (exact) mass is 597 g/mol. The van der Waals surface area contributed by atoms with Crippen LogP contribution in [0.2, 0.25) is 0 Å². The number of nitrogens with zero attached hydrogens (tertiary/aromatic N) is 5. The van der Waals surface area contributed by atoms with E-state index in [9.17, 15) is 26.3 Å². The number of halogens is 6. The summed E-state index contributed by atoms with van der Waals surface area (Å²) in [4.78, 5) is 6.23. The minimum Gasteiger partial charge on any atom is -0.350 e. The van der Waals surface area contributed by atoms with Gasteiger partial charge in [0.05, 0.1) is 48.8 Å². The van der Waals surface area contributed by atoms with Crippen LogP contribution in [0.5, 0.6) is 0 Å². The molecule has 0 N–H and O–H groups in total. The molecular formula is C29H33F6N5O2. The first-order valence-electron chi connectivity index (χ1n) is 14.0. The molecule has 0 radical (unpaired) electrons. The summed E-state index contributed by atoms with van der Waals surface area (Å²) in [5.41, 5.74) is -1.12. The fourth-order valence-corrected chi connectivity index (χ4v) is 5.44. The van der Waals surface area contributed by atoms with Gasteiger partial charge in [0.1, 0.15) is 0 Å². The molecule has 0 bridgehead atoms. The third-order valence-corrected chi connectivity index (χ3v) is 7.54. The Bertz CT molecular complexity index is 1260. The lowest BCUT2D eigenvalue weighted by Gasteiger charge is -2.40. The molecule has 0 aliphatic carbocycles. The lowest BCUT2D eigenvalue weighted by molar-refractivity contribution is -0.212. The van der Waals surface area contributed by atoms with Crippen LogP contribution in [0.1, 0.15) is 46.8 Å². The Morgan fingerprint density at radius 2 is 1.57 bits per heavy atom. The fourth-order valence-electron chi connectivity index (χ4n) is 5.44. The Morgan fingerprint density at radius 1 is 0.881 bits per heavy atom. The number of aromatic nitrogens is 3. The van der Waals surface area contributed by atoms with E-state index < -0.39 is 29.8 Å². The largest absolute Gasteiger partial charge is 0.416 e. The number of hydrogen-bond donors (Lipinski definition) is 0. The summed E-state index contributed by atoms with van der Waals surface area (Å²) in [6, 6.07) is 10.7. The van der Waals surface area contributed by atoms with Crippen LogP contribution in [-0.2, 0) is 41.3 Å². The second kappa shape index (κ2) is 13.1. The highest BCUT2D eigenvalue weighted by atomic mass is 19.4. The van der Waals surface area contributed by atoms with Gasteiger partial charge in [-0.3, -0.25) is 4.90 Å². The van der Waals surface area contributed by atoms with Crippen molar-refractivity contribution in [1.82, 2.24) is 24.8 Å². The minimum absolute atomic E-state index is 0.119. The second-order valence-corrected chi connectivity index (χ2v) is 10.6. The zero-order valence-electron chi connectivity index (χ0n) is 22.9. The van der Waals surface area contributed by atoms with Gasteiger partial charge in [-0.05, 0) is 61.7 Å². The van der Waals surface area contributed by atoms with E-state index in [1.807, 2.05) is 30.3 Å². The number of likely N-dealkylation sites (tertiary alicyclic amines) is 1. The van der Waals surface area contributed by atoms with E-state index >= 15 is 0 Å². The van der Waals surface area contributed by atoms with E-state index in [-0.39, 0.29) is 30.7 Å². The van der Waals surface area contributed by atoms with Gasteiger partial charge in [-0.1, -0.05) is 30.3 Å². The van der Waals surface area contributed by atoms with E-state index in [0.717, 1.165) is 43.0 Å². The molecule has 2 aliphatic heterocycles. The molecule has 3 aromatic rings. The molecule has 42 heavy (non-hydrogen) atoms. The normalized spacial score (nSPS) is 20.8. The average molecular weight is 598 g/mol. The van der Waals surface area contributed by atoms with E-state index in [0.29, 0.717) is 26.2 Å². The number of rotatable bonds is 10. The maximum atomic E-state index is 13.3. The molecule has 228 valence electrons. The van der Waals surface area contributed by atoms with E-state index in [2.05, 4.69) is 20.0 Å². The molecule has 0 saturated carbocycles. The van der Waals surface area contributed by atoms with Crippen LogP contribution in [0.15, 0.2) is 54.7 Å². The van der Waals surface area contributed by atoms with E-state index in [4.69, 9.17) is 9.47 Å². The molecular weight excluding hydrogens is 564 g/mol. The first-order valence-corrected chi connectivity index (χ1v) is 14.0. The Labute approximate surface area is 240 Å². The van der Waals surface area contributed by atoms with Crippen molar-refractivity contribution in [2.75, 3.05) is 39.4 Å². The van der Waals surface area contributed by atoms with Gasteiger partial charge in [0, 0.05) is 19.6 Å². The zero-order chi connectivity index (χ0) is 29.7. The molecule has 0 amide bonds. The minimum atomic E-state index is -4.90. The van der Waals surface area contributed by atoms with Crippen molar-refractivity contribution in [3.8, 4) is 0 Å². The standard InChI is InChI=1S/C29H33F6N5O2/c30-28(31,32)23-16-21(17-24(18-23)29(33,34)35)8-14-41-27-26(22-6-2-1-3-7-22)39(13-15-42-27)20-25-19-36-40(37-25)12-11-38-9-4-5-10-38/h1-3,6-7,16-19,26-27H,4-5,8-15,20H2. The molecule has 0 spiro atoms. The Morgan fingerprint density at radius 3 is 2.24 bits per heavy atom. The first kappa shape index (κ1) is 30.5. The molecule has 3 heterocycles. The van der Waals surface area contributed by atoms with Crippen LogP contribution in [-0.4, -0.2) is 70.5 Å². The van der Waals surface area contributed by atoms with Gasteiger partial charge in [0.2, 0.25) is 0 Å². The summed E-state index contributed by atoms with van der Waals surface area (Å²) < 4.78 is 91.7. The van der Waals surface area contributed by atoms with Gasteiger partial charge in [-0.2, -0.15) is 41.3 Å². The summed E-state index contributed by atoms with van der Waals surface area (Å²) >= 11 is 0. The summed E-state index contributed by atoms with van der Waals surface area (Å²) in [5.74, 6) is 0. The van der Waals surface area contributed by atoms with Crippen LogP contribution in [0, 0.1) is 0 Å². The molecule has 13 heteroatoms. The topological polar surface area (TPSA) is 55.7 Å². The smallest absolute Gasteiger partial charge is 0.350 e. The van der Waals surface area contributed by atoms with Gasteiger partial charge < -0.3 is 14.4 Å². The Hall–Kier alpha value is -3.00. The van der Waals surface area contributed by atoms with Gasteiger partial charge in [0.15, 0.2) is 6.29 Å². The molecule has 2 aliphatic rings. The molecule has 2 aromatic carbocycles. The third-order valence-electron chi connectivity index (χ3n) is 7.54. The maximum absolute atomic E-state index is 13.3. The molecule has 2 unspecified atom stereocenters. The van der Waals surface area contributed by atoms with Crippen molar-refractivity contribution in [1.29, 1.82) is 0 Å². The number of benzene rings is 2. The van der Waals surface area contributed by atoms with Crippen LogP contribution >= 0.6 is 0 Å². The lowest BCUT2D eigenvalue weighted by atomic mass is 10.0. The van der Waals surface area contributed by atoms with Crippen LogP contribution in [0.25, 0.3) is 0 Å². The highest BCUT2D eigenvalue weighted by Crippen LogP contribution is 2.37. The predicted octanol–water partition coefficient (Wildman–Crippen LogP) is 5.57. The maximum Gasteiger partial charge on any atom is 0.416 e. The number of ether oxygens (including phenoxy) is 2. The van der Waals surface area contributed by atoms with E-state index in [1.165, 1.54) is 12.8 Å². The van der Waals surface area contributed by atoms with Gasteiger partial charge >= 0.3 is 12.4 Å². The third kappa shape index (κ3) is 7.88. The van der Waals surface area contributed by atoms with Crippen molar-refractivity contribution in [3.63, 3.8) is 0 Å². The SMILES string of the molecule is FC(F)(F)c1cc(CCOC2OCCN(Cc3cnn(CCN4CCCC4)n3)C2c2ccccc2)cc(C(F)(F)F)c1. The molecule has 1 aromatic heterocycles. The number of hydrogen-bond acceptors (Lipinski definition) is 6. The molecule has 2 saturated heterocycles. The fraction of sp³-hybridized carbons (Fsp3) is 0.517. The number of morpholine rings is 1. The average Bonchev–Trinajstić information content (AvgIpc) is 3.64. The Balaban J connectivity index is 1.27.